The van der Waals surface area contributed by atoms with Crippen molar-refractivity contribution in [2.24, 2.45) is 11.8 Å². The van der Waals surface area contributed by atoms with E-state index in [4.69, 9.17) is 4.74 Å². The molecule has 2 aromatic carbocycles. The van der Waals surface area contributed by atoms with Crippen molar-refractivity contribution < 1.29 is 4.74 Å². The number of hydrogen-bond acceptors (Lipinski definition) is 2. The summed E-state index contributed by atoms with van der Waals surface area (Å²) in [7, 11) is 1.87. The van der Waals surface area contributed by atoms with E-state index >= 15 is 0 Å². The van der Waals surface area contributed by atoms with E-state index in [1.165, 1.54) is 42.0 Å². The fourth-order valence-electron chi connectivity index (χ4n) is 5.71. The Hall–Kier alpha value is -1.64. The summed E-state index contributed by atoms with van der Waals surface area (Å²) in [5, 5.41) is 2.70. The first kappa shape index (κ1) is 16.5. The minimum absolute atomic E-state index is 0.0800. The summed E-state index contributed by atoms with van der Waals surface area (Å²) >= 11 is 0. The van der Waals surface area contributed by atoms with Crippen LogP contribution < -0.4 is 0 Å². The van der Waals surface area contributed by atoms with Crippen LogP contribution in [0, 0.1) is 11.8 Å². The molecule has 1 heterocycles. The fourth-order valence-corrected chi connectivity index (χ4v) is 5.71. The first-order valence-electron chi connectivity index (χ1n) is 10.2. The Balaban J connectivity index is 1.55. The van der Waals surface area contributed by atoms with Crippen LogP contribution >= 0.6 is 0 Å². The largest absolute Gasteiger partial charge is 0.364 e. The third-order valence-corrected chi connectivity index (χ3v) is 7.28. The fraction of sp³-hybridized carbons (Fsp3) is 0.500. The molecule has 2 unspecified atom stereocenters. The predicted octanol–water partition coefficient (Wildman–Crippen LogP) is 5.48. The van der Waals surface area contributed by atoms with E-state index in [1.54, 1.807) is 11.1 Å². The summed E-state index contributed by atoms with van der Waals surface area (Å²) in [5.74, 6) is 1.57. The van der Waals surface area contributed by atoms with E-state index in [0.717, 1.165) is 31.3 Å². The topological polar surface area (TPSA) is 12.5 Å². The molecule has 2 fully saturated rings. The number of hydrogen-bond donors (Lipinski definition) is 0. The lowest BCUT2D eigenvalue weighted by molar-refractivity contribution is -0.0938. The molecule has 26 heavy (non-hydrogen) atoms. The molecule has 0 N–H and O–H groups in total. The summed E-state index contributed by atoms with van der Waals surface area (Å²) < 4.78 is 5.90. The second kappa shape index (κ2) is 6.21. The normalized spacial score (nSPS) is 31.5. The van der Waals surface area contributed by atoms with Crippen molar-refractivity contribution in [3.05, 3.63) is 53.6 Å². The van der Waals surface area contributed by atoms with Crippen molar-refractivity contribution in [1.82, 2.24) is 4.90 Å². The molecule has 2 bridgehead atoms. The third-order valence-electron chi connectivity index (χ3n) is 7.28. The minimum Gasteiger partial charge on any atom is -0.364 e. The van der Waals surface area contributed by atoms with Crippen molar-refractivity contribution >= 4 is 16.3 Å². The van der Waals surface area contributed by atoms with E-state index < -0.39 is 0 Å². The second-order valence-corrected chi connectivity index (χ2v) is 8.61. The molecule has 2 aliphatic carbocycles. The van der Waals surface area contributed by atoms with Crippen LogP contribution in [-0.4, -0.2) is 30.8 Å². The lowest BCUT2D eigenvalue weighted by Gasteiger charge is -2.36. The minimum atomic E-state index is -0.0800. The first-order chi connectivity index (χ1) is 12.7. The Morgan fingerprint density at radius 2 is 1.88 bits per heavy atom. The van der Waals surface area contributed by atoms with Gasteiger partial charge in [-0.1, -0.05) is 36.4 Å². The zero-order chi connectivity index (χ0) is 17.7. The molecule has 0 aromatic heterocycles. The molecule has 3 atom stereocenters. The van der Waals surface area contributed by atoms with Gasteiger partial charge in [0.05, 0.1) is 0 Å². The quantitative estimate of drug-likeness (QED) is 0.726. The van der Waals surface area contributed by atoms with Gasteiger partial charge in [-0.15, -0.1) is 0 Å². The summed E-state index contributed by atoms with van der Waals surface area (Å²) in [6, 6.07) is 15.8. The van der Waals surface area contributed by atoms with Crippen molar-refractivity contribution in [2.45, 2.75) is 44.8 Å². The molecular weight excluding hydrogens is 318 g/mol. The Bertz CT molecular complexity index is 869. The number of allylic oxidation sites excluding steroid dienone is 1. The Kier molecular flexibility index (Phi) is 3.95. The average Bonchev–Trinajstić information content (AvgIpc) is 3.37. The van der Waals surface area contributed by atoms with E-state index in [-0.39, 0.29) is 5.72 Å². The molecule has 136 valence electrons. The highest BCUT2D eigenvalue weighted by molar-refractivity contribution is 5.87. The summed E-state index contributed by atoms with van der Waals surface area (Å²) in [4.78, 5) is 2.59. The standard InChI is InChI=1S/C24H29NO/c1-24(26-2)12-5-13-25(24)16-22-19-9-11-21(15-19)23(22)20-10-8-17-6-3-4-7-18(17)14-20/h3-4,6-8,10,14,19,21H,5,9,11-13,15-16H2,1-2H3/t19?,21?,24-/m0/s1. The van der Waals surface area contributed by atoms with Gasteiger partial charge in [-0.2, -0.15) is 0 Å². The zero-order valence-corrected chi connectivity index (χ0v) is 16.0. The maximum Gasteiger partial charge on any atom is 0.118 e. The van der Waals surface area contributed by atoms with Crippen molar-refractivity contribution in [3.8, 4) is 0 Å². The molecule has 0 spiro atoms. The summed E-state index contributed by atoms with van der Waals surface area (Å²) in [6.45, 7) is 4.52. The number of likely N-dealkylation sites (tertiary alicyclic amines) is 1. The maximum absolute atomic E-state index is 5.90. The lowest BCUT2D eigenvalue weighted by Crippen LogP contribution is -2.44. The molecule has 1 saturated carbocycles. The van der Waals surface area contributed by atoms with Crippen molar-refractivity contribution in [3.63, 3.8) is 0 Å². The van der Waals surface area contributed by atoms with E-state index in [0.29, 0.717) is 0 Å². The lowest BCUT2D eigenvalue weighted by atomic mass is 9.86. The Morgan fingerprint density at radius 1 is 1.08 bits per heavy atom. The molecule has 5 rings (SSSR count). The van der Waals surface area contributed by atoms with Gasteiger partial charge < -0.3 is 4.74 Å². The zero-order valence-electron chi connectivity index (χ0n) is 16.0. The first-order valence-corrected chi connectivity index (χ1v) is 10.2. The van der Waals surface area contributed by atoms with E-state index in [1.807, 2.05) is 7.11 Å². The molecule has 0 radical (unpaired) electrons. The number of rotatable bonds is 4. The number of nitrogens with zero attached hydrogens (tertiary/aromatic N) is 1. The van der Waals surface area contributed by atoms with Gasteiger partial charge in [0.2, 0.25) is 0 Å². The molecular formula is C24H29NO. The molecule has 2 nitrogen and oxygen atoms in total. The molecule has 3 aliphatic rings. The maximum atomic E-state index is 5.90. The highest BCUT2D eigenvalue weighted by Gasteiger charge is 2.43. The number of fused-ring (bicyclic) bond motifs is 3. The van der Waals surface area contributed by atoms with Gasteiger partial charge in [-0.3, -0.25) is 4.90 Å². The summed E-state index contributed by atoms with van der Waals surface area (Å²) in [5.41, 5.74) is 4.76. The van der Waals surface area contributed by atoms with Crippen LogP contribution in [0.5, 0.6) is 0 Å². The predicted molar refractivity (Wildman–Crippen MR) is 108 cm³/mol. The monoisotopic (exact) mass is 347 g/mol. The van der Waals surface area contributed by atoms with Crippen LogP contribution in [0.15, 0.2) is 48.0 Å². The van der Waals surface area contributed by atoms with Crippen molar-refractivity contribution in [2.75, 3.05) is 20.2 Å². The second-order valence-electron chi connectivity index (χ2n) is 8.61. The highest BCUT2D eigenvalue weighted by atomic mass is 16.5. The Morgan fingerprint density at radius 3 is 2.73 bits per heavy atom. The summed E-state index contributed by atoms with van der Waals surface area (Å²) in [6.07, 6.45) is 6.52. The van der Waals surface area contributed by atoms with Crippen LogP contribution in [0.25, 0.3) is 16.3 Å². The van der Waals surface area contributed by atoms with Crippen LogP contribution in [-0.2, 0) is 4.74 Å². The number of methoxy groups -OCH3 is 1. The van der Waals surface area contributed by atoms with Crippen LogP contribution in [0.3, 0.4) is 0 Å². The smallest absolute Gasteiger partial charge is 0.118 e. The Labute approximate surface area is 156 Å². The van der Waals surface area contributed by atoms with Crippen LogP contribution in [0.2, 0.25) is 0 Å². The average molecular weight is 348 g/mol. The molecule has 0 amide bonds. The van der Waals surface area contributed by atoms with Gasteiger partial charge in [-0.25, -0.2) is 0 Å². The van der Waals surface area contributed by atoms with Crippen LogP contribution in [0.1, 0.15) is 44.6 Å². The number of benzene rings is 2. The molecule has 1 saturated heterocycles. The van der Waals surface area contributed by atoms with Gasteiger partial charge in [0.25, 0.3) is 0 Å². The van der Waals surface area contributed by atoms with Crippen LogP contribution in [0.4, 0.5) is 0 Å². The van der Waals surface area contributed by atoms with Gasteiger partial charge in [0.15, 0.2) is 0 Å². The van der Waals surface area contributed by atoms with Gasteiger partial charge in [0.1, 0.15) is 5.72 Å². The third kappa shape index (κ3) is 2.54. The molecule has 2 aromatic rings. The van der Waals surface area contributed by atoms with Gasteiger partial charge in [-0.05, 0) is 84.4 Å². The highest BCUT2D eigenvalue weighted by Crippen LogP contribution is 2.53. The van der Waals surface area contributed by atoms with Crippen molar-refractivity contribution in [1.29, 1.82) is 0 Å². The van der Waals surface area contributed by atoms with Gasteiger partial charge in [0, 0.05) is 20.2 Å². The van der Waals surface area contributed by atoms with Gasteiger partial charge >= 0.3 is 0 Å². The SMILES string of the molecule is CO[C@@]1(C)CCCN1CC1=C(c2ccc3ccccc3c2)C2CCC1C2. The van der Waals surface area contributed by atoms with E-state index in [2.05, 4.69) is 54.3 Å². The molecule has 2 heteroatoms. The number of ether oxygens (including phenoxy) is 1. The molecule has 1 aliphatic heterocycles. The van der Waals surface area contributed by atoms with E-state index in [9.17, 15) is 0 Å².